The highest BCUT2D eigenvalue weighted by Crippen LogP contribution is 2.19. The van der Waals surface area contributed by atoms with Gasteiger partial charge in [-0.2, -0.15) is 10.1 Å². The van der Waals surface area contributed by atoms with Gasteiger partial charge in [-0.1, -0.05) is 18.2 Å². The molecule has 0 unspecified atom stereocenters. The van der Waals surface area contributed by atoms with Gasteiger partial charge in [-0.25, -0.2) is 4.39 Å². The van der Waals surface area contributed by atoms with Gasteiger partial charge in [0.25, 0.3) is 0 Å². The van der Waals surface area contributed by atoms with Crippen molar-refractivity contribution in [2.45, 2.75) is 6.92 Å². The van der Waals surface area contributed by atoms with Gasteiger partial charge in [0.05, 0.1) is 6.20 Å². The summed E-state index contributed by atoms with van der Waals surface area (Å²) in [5.74, 6) is 0.632. The molecule has 5 nitrogen and oxygen atoms in total. The highest BCUT2D eigenvalue weighted by Gasteiger charge is 2.03. The normalized spacial score (nSPS) is 10.3. The van der Waals surface area contributed by atoms with Gasteiger partial charge in [0.2, 0.25) is 5.95 Å². The Morgan fingerprint density at radius 1 is 0.955 bits per heavy atom. The van der Waals surface area contributed by atoms with E-state index in [0.29, 0.717) is 11.8 Å². The molecule has 0 bridgehead atoms. The molecule has 0 atom stereocenters. The summed E-state index contributed by atoms with van der Waals surface area (Å²) in [6.45, 7) is 2.00. The largest absolute Gasteiger partial charge is 0.339 e. The average Bonchev–Trinajstić information content (AvgIpc) is 2.52. The number of nitrogens with one attached hydrogen (secondary N) is 2. The van der Waals surface area contributed by atoms with Crippen molar-refractivity contribution in [3.8, 4) is 0 Å². The van der Waals surface area contributed by atoms with Crippen molar-refractivity contribution in [1.82, 2.24) is 15.2 Å². The molecule has 3 rings (SSSR count). The van der Waals surface area contributed by atoms with Crippen molar-refractivity contribution < 1.29 is 4.39 Å². The topological polar surface area (TPSA) is 62.7 Å². The molecule has 6 heteroatoms. The van der Waals surface area contributed by atoms with Crippen molar-refractivity contribution >= 4 is 23.1 Å². The summed E-state index contributed by atoms with van der Waals surface area (Å²) in [6.07, 6.45) is 1.51. The van der Waals surface area contributed by atoms with E-state index >= 15 is 0 Å². The molecule has 0 aliphatic rings. The first-order valence-electron chi connectivity index (χ1n) is 6.76. The Morgan fingerprint density at radius 3 is 2.50 bits per heavy atom. The lowest BCUT2D eigenvalue weighted by atomic mass is 10.2. The van der Waals surface area contributed by atoms with Crippen LogP contribution in [0.25, 0.3) is 0 Å². The van der Waals surface area contributed by atoms with Gasteiger partial charge in [-0.05, 0) is 42.8 Å². The van der Waals surface area contributed by atoms with Crippen LogP contribution in [-0.4, -0.2) is 15.2 Å². The van der Waals surface area contributed by atoms with Gasteiger partial charge in [0, 0.05) is 11.4 Å². The summed E-state index contributed by atoms with van der Waals surface area (Å²) in [5, 5.41) is 14.0. The minimum absolute atomic E-state index is 0.284. The van der Waals surface area contributed by atoms with Gasteiger partial charge in [-0.3, -0.25) is 0 Å². The Morgan fingerprint density at radius 2 is 1.73 bits per heavy atom. The second-order valence-corrected chi connectivity index (χ2v) is 4.74. The highest BCUT2D eigenvalue weighted by atomic mass is 19.1. The van der Waals surface area contributed by atoms with Crippen LogP contribution in [0.5, 0.6) is 0 Å². The Kier molecular flexibility index (Phi) is 3.91. The third kappa shape index (κ3) is 3.35. The fraction of sp³-hybridized carbons (Fsp3) is 0.0625. The molecule has 2 N–H and O–H groups in total. The molecule has 0 saturated heterocycles. The first-order valence-corrected chi connectivity index (χ1v) is 6.76. The van der Waals surface area contributed by atoms with Crippen LogP contribution in [0.15, 0.2) is 54.7 Å². The number of halogens is 1. The Labute approximate surface area is 127 Å². The number of anilines is 4. The molecular formula is C16H14FN5. The zero-order valence-electron chi connectivity index (χ0n) is 11.9. The van der Waals surface area contributed by atoms with E-state index in [-0.39, 0.29) is 5.82 Å². The molecule has 0 fully saturated rings. The van der Waals surface area contributed by atoms with E-state index in [2.05, 4.69) is 25.8 Å². The Balaban J connectivity index is 1.78. The lowest BCUT2D eigenvalue weighted by molar-refractivity contribution is 0.628. The van der Waals surface area contributed by atoms with Crippen LogP contribution in [0.1, 0.15) is 5.56 Å². The van der Waals surface area contributed by atoms with Crippen LogP contribution in [0.3, 0.4) is 0 Å². The number of aryl methyl sites for hydroxylation is 1. The van der Waals surface area contributed by atoms with Crippen LogP contribution < -0.4 is 10.6 Å². The average molecular weight is 295 g/mol. The molecule has 0 aliphatic carbocycles. The summed E-state index contributed by atoms with van der Waals surface area (Å²) < 4.78 is 12.9. The number of hydrogen-bond donors (Lipinski definition) is 2. The molecule has 2 aromatic carbocycles. The van der Waals surface area contributed by atoms with Crippen molar-refractivity contribution in [2.75, 3.05) is 10.6 Å². The highest BCUT2D eigenvalue weighted by molar-refractivity contribution is 5.60. The van der Waals surface area contributed by atoms with Crippen LogP contribution in [-0.2, 0) is 0 Å². The Hall–Kier alpha value is -3.02. The molecule has 3 aromatic rings. The number of rotatable bonds is 4. The molecule has 22 heavy (non-hydrogen) atoms. The molecule has 0 radical (unpaired) electrons. The van der Waals surface area contributed by atoms with Crippen molar-refractivity contribution in [2.24, 2.45) is 0 Å². The van der Waals surface area contributed by atoms with Crippen LogP contribution in [0.2, 0.25) is 0 Å². The van der Waals surface area contributed by atoms with Crippen molar-refractivity contribution in [3.63, 3.8) is 0 Å². The van der Waals surface area contributed by atoms with E-state index in [9.17, 15) is 4.39 Å². The summed E-state index contributed by atoms with van der Waals surface area (Å²) in [6, 6.07) is 13.9. The predicted octanol–water partition coefficient (Wildman–Crippen LogP) is 3.81. The smallest absolute Gasteiger partial charge is 0.249 e. The minimum Gasteiger partial charge on any atom is -0.339 e. The second-order valence-electron chi connectivity index (χ2n) is 4.74. The van der Waals surface area contributed by atoms with E-state index in [1.165, 1.54) is 18.3 Å². The Bertz CT molecular complexity index is 773. The number of para-hydroxylation sites is 1. The zero-order valence-corrected chi connectivity index (χ0v) is 11.9. The maximum absolute atomic E-state index is 12.9. The van der Waals surface area contributed by atoms with Crippen molar-refractivity contribution in [3.05, 3.63) is 66.1 Å². The van der Waals surface area contributed by atoms with Gasteiger partial charge in [-0.15, -0.1) is 5.10 Å². The third-order valence-electron chi connectivity index (χ3n) is 3.07. The van der Waals surface area contributed by atoms with Crippen LogP contribution in [0, 0.1) is 12.7 Å². The summed E-state index contributed by atoms with van der Waals surface area (Å²) in [5.41, 5.74) is 2.73. The predicted molar refractivity (Wildman–Crippen MR) is 84.0 cm³/mol. The van der Waals surface area contributed by atoms with Gasteiger partial charge in [0.15, 0.2) is 5.82 Å². The first kappa shape index (κ1) is 13.9. The third-order valence-corrected chi connectivity index (χ3v) is 3.07. The standard InChI is InChI=1S/C16H14FN5/c1-11-4-2-3-5-14(11)20-16-21-15(10-18-22-16)19-13-8-6-12(17)7-9-13/h2-10H,1H3,(H2,19,20,21,22). The monoisotopic (exact) mass is 295 g/mol. The lowest BCUT2D eigenvalue weighted by Gasteiger charge is -2.09. The first-order chi connectivity index (χ1) is 10.7. The second kappa shape index (κ2) is 6.17. The van der Waals surface area contributed by atoms with E-state index in [0.717, 1.165) is 16.9 Å². The van der Waals surface area contributed by atoms with E-state index < -0.39 is 0 Å². The number of benzene rings is 2. The number of hydrogen-bond acceptors (Lipinski definition) is 5. The van der Waals surface area contributed by atoms with E-state index in [1.807, 2.05) is 31.2 Å². The number of aromatic nitrogens is 3. The number of nitrogens with zero attached hydrogens (tertiary/aromatic N) is 3. The quantitative estimate of drug-likeness (QED) is 0.766. The van der Waals surface area contributed by atoms with Gasteiger partial charge < -0.3 is 10.6 Å². The molecule has 1 aromatic heterocycles. The van der Waals surface area contributed by atoms with Gasteiger partial charge in [0.1, 0.15) is 5.82 Å². The van der Waals surface area contributed by atoms with Gasteiger partial charge >= 0.3 is 0 Å². The zero-order chi connectivity index (χ0) is 15.4. The minimum atomic E-state index is -0.284. The molecule has 0 spiro atoms. The lowest BCUT2D eigenvalue weighted by Crippen LogP contribution is -2.03. The molecular weight excluding hydrogens is 281 g/mol. The summed E-state index contributed by atoms with van der Waals surface area (Å²) >= 11 is 0. The maximum Gasteiger partial charge on any atom is 0.249 e. The van der Waals surface area contributed by atoms with Crippen LogP contribution in [0.4, 0.5) is 27.5 Å². The van der Waals surface area contributed by atoms with E-state index in [1.54, 1.807) is 12.1 Å². The molecule has 0 saturated carbocycles. The van der Waals surface area contributed by atoms with E-state index in [4.69, 9.17) is 0 Å². The fourth-order valence-corrected chi connectivity index (χ4v) is 1.93. The fourth-order valence-electron chi connectivity index (χ4n) is 1.93. The van der Waals surface area contributed by atoms with Crippen molar-refractivity contribution in [1.29, 1.82) is 0 Å². The molecule has 1 heterocycles. The molecule has 110 valence electrons. The molecule has 0 amide bonds. The molecule has 0 aliphatic heterocycles. The van der Waals surface area contributed by atoms with Crippen LogP contribution >= 0.6 is 0 Å². The maximum atomic E-state index is 12.9. The summed E-state index contributed by atoms with van der Waals surface area (Å²) in [4.78, 5) is 4.34. The summed E-state index contributed by atoms with van der Waals surface area (Å²) in [7, 11) is 0. The SMILES string of the molecule is Cc1ccccc1Nc1nncc(Nc2ccc(F)cc2)n1.